The fourth-order valence-corrected chi connectivity index (χ4v) is 2.91. The lowest BCUT2D eigenvalue weighted by Crippen LogP contribution is -2.29. The Labute approximate surface area is 126 Å². The maximum atomic E-state index is 12.6. The van der Waals surface area contributed by atoms with Crippen LogP contribution in [-0.2, 0) is 4.79 Å². The predicted molar refractivity (Wildman–Crippen MR) is 79.7 cm³/mol. The van der Waals surface area contributed by atoms with Crippen LogP contribution in [0.4, 0.5) is 5.69 Å². The minimum absolute atomic E-state index is 0.159. The molecule has 0 aromatic heterocycles. The van der Waals surface area contributed by atoms with E-state index in [1.807, 2.05) is 0 Å². The van der Waals surface area contributed by atoms with Gasteiger partial charge in [0, 0.05) is 5.56 Å². The summed E-state index contributed by atoms with van der Waals surface area (Å²) in [5.41, 5.74) is 1.79. The van der Waals surface area contributed by atoms with Crippen LogP contribution in [0.1, 0.15) is 28.4 Å². The lowest BCUT2D eigenvalue weighted by Gasteiger charge is -2.25. The first-order chi connectivity index (χ1) is 10.1. The first-order valence-corrected chi connectivity index (χ1v) is 6.86. The molecular formula is C16H12ClNO3. The number of amides is 1. The number of hydrogen-bond acceptors (Lipinski definition) is 2. The Morgan fingerprint density at radius 1 is 1.14 bits per heavy atom. The molecule has 2 aromatic carbocycles. The van der Waals surface area contributed by atoms with Crippen LogP contribution in [0.5, 0.6) is 0 Å². The van der Waals surface area contributed by atoms with Gasteiger partial charge in [0.25, 0.3) is 5.91 Å². The summed E-state index contributed by atoms with van der Waals surface area (Å²) in [5, 5.41) is 9.57. The Bertz CT molecular complexity index is 729. The monoisotopic (exact) mass is 301 g/mol. The van der Waals surface area contributed by atoms with Gasteiger partial charge in [0.05, 0.1) is 23.2 Å². The molecule has 2 aromatic rings. The topological polar surface area (TPSA) is 57.6 Å². The second-order valence-electron chi connectivity index (χ2n) is 4.83. The predicted octanol–water partition coefficient (Wildman–Crippen LogP) is 3.52. The standard InChI is InChI=1S/C16H12ClNO3/c17-12-7-3-4-8-13(12)18-14(9-15(19)20)10-5-1-2-6-11(10)16(18)21/h1-8,14H,9H2,(H,19,20). The zero-order chi connectivity index (χ0) is 15.0. The van der Waals surface area contributed by atoms with Crippen LogP contribution in [0.15, 0.2) is 48.5 Å². The van der Waals surface area contributed by atoms with E-state index in [0.29, 0.717) is 16.3 Å². The molecule has 0 bridgehead atoms. The van der Waals surface area contributed by atoms with Crippen molar-refractivity contribution in [1.29, 1.82) is 0 Å². The highest BCUT2D eigenvalue weighted by Crippen LogP contribution is 2.41. The maximum Gasteiger partial charge on any atom is 0.305 e. The lowest BCUT2D eigenvalue weighted by atomic mass is 10.0. The van der Waals surface area contributed by atoms with E-state index >= 15 is 0 Å². The molecule has 1 unspecified atom stereocenters. The number of benzene rings is 2. The summed E-state index contributed by atoms with van der Waals surface area (Å²) in [5.74, 6) is -1.17. The summed E-state index contributed by atoms with van der Waals surface area (Å²) in [7, 11) is 0. The third-order valence-electron chi connectivity index (χ3n) is 3.56. The van der Waals surface area contributed by atoms with E-state index < -0.39 is 12.0 Å². The van der Waals surface area contributed by atoms with Crippen molar-refractivity contribution in [2.45, 2.75) is 12.5 Å². The molecule has 1 heterocycles. The highest BCUT2D eigenvalue weighted by atomic mass is 35.5. The van der Waals surface area contributed by atoms with Crippen molar-refractivity contribution in [1.82, 2.24) is 0 Å². The number of rotatable bonds is 3. The van der Waals surface area contributed by atoms with Gasteiger partial charge in [-0.1, -0.05) is 41.9 Å². The molecule has 0 spiro atoms. The summed E-state index contributed by atoms with van der Waals surface area (Å²) >= 11 is 6.17. The Balaban J connectivity index is 2.13. The number of nitrogens with zero attached hydrogens (tertiary/aromatic N) is 1. The first kappa shape index (κ1) is 13.6. The molecule has 0 saturated carbocycles. The Morgan fingerprint density at radius 3 is 2.52 bits per heavy atom. The van der Waals surface area contributed by atoms with Crippen molar-refractivity contribution in [3.63, 3.8) is 0 Å². The largest absolute Gasteiger partial charge is 0.481 e. The second kappa shape index (κ2) is 5.22. The van der Waals surface area contributed by atoms with E-state index in [9.17, 15) is 9.59 Å². The fraction of sp³-hybridized carbons (Fsp3) is 0.125. The van der Waals surface area contributed by atoms with E-state index in [4.69, 9.17) is 16.7 Å². The first-order valence-electron chi connectivity index (χ1n) is 6.48. The molecule has 0 saturated heterocycles. The number of carboxylic acids is 1. The molecular weight excluding hydrogens is 290 g/mol. The third kappa shape index (κ3) is 2.28. The van der Waals surface area contributed by atoms with Crippen molar-refractivity contribution in [3.05, 3.63) is 64.7 Å². The smallest absolute Gasteiger partial charge is 0.305 e. The molecule has 5 heteroatoms. The van der Waals surface area contributed by atoms with Gasteiger partial charge in [-0.15, -0.1) is 0 Å². The summed E-state index contributed by atoms with van der Waals surface area (Å²) < 4.78 is 0. The molecule has 0 radical (unpaired) electrons. The van der Waals surface area contributed by atoms with E-state index in [1.54, 1.807) is 48.5 Å². The maximum absolute atomic E-state index is 12.6. The van der Waals surface area contributed by atoms with Gasteiger partial charge >= 0.3 is 5.97 Å². The number of carbonyl (C=O) groups excluding carboxylic acids is 1. The van der Waals surface area contributed by atoms with E-state index in [1.165, 1.54) is 4.90 Å². The van der Waals surface area contributed by atoms with Gasteiger partial charge in [-0.05, 0) is 23.8 Å². The van der Waals surface area contributed by atoms with Crippen molar-refractivity contribution < 1.29 is 14.7 Å². The highest BCUT2D eigenvalue weighted by molar-refractivity contribution is 6.34. The van der Waals surface area contributed by atoms with Crippen LogP contribution in [-0.4, -0.2) is 17.0 Å². The molecule has 106 valence electrons. The molecule has 1 aliphatic heterocycles. The van der Waals surface area contributed by atoms with Crippen molar-refractivity contribution in [2.75, 3.05) is 4.90 Å². The number of anilines is 1. The molecule has 0 fully saturated rings. The van der Waals surface area contributed by atoms with E-state index in [-0.39, 0.29) is 12.3 Å². The van der Waals surface area contributed by atoms with Crippen LogP contribution in [0.25, 0.3) is 0 Å². The molecule has 1 amide bonds. The number of hydrogen-bond donors (Lipinski definition) is 1. The zero-order valence-electron chi connectivity index (χ0n) is 11.0. The summed E-state index contributed by atoms with van der Waals surface area (Å²) in [6, 6.07) is 13.5. The minimum Gasteiger partial charge on any atom is -0.481 e. The van der Waals surface area contributed by atoms with Gasteiger partial charge < -0.3 is 5.11 Å². The van der Waals surface area contributed by atoms with Gasteiger partial charge in [0.1, 0.15) is 0 Å². The van der Waals surface area contributed by atoms with Gasteiger partial charge in [0.15, 0.2) is 0 Å². The number of fused-ring (bicyclic) bond motifs is 1. The number of halogens is 1. The number of para-hydroxylation sites is 1. The average Bonchev–Trinajstić information content (AvgIpc) is 2.73. The van der Waals surface area contributed by atoms with Crippen molar-refractivity contribution in [3.8, 4) is 0 Å². The second-order valence-corrected chi connectivity index (χ2v) is 5.23. The zero-order valence-corrected chi connectivity index (χ0v) is 11.7. The number of aliphatic carboxylic acids is 1. The lowest BCUT2D eigenvalue weighted by molar-refractivity contribution is -0.137. The minimum atomic E-state index is -0.957. The summed E-state index contributed by atoms with van der Waals surface area (Å²) in [4.78, 5) is 25.3. The highest BCUT2D eigenvalue weighted by Gasteiger charge is 2.39. The Morgan fingerprint density at radius 2 is 1.81 bits per heavy atom. The SMILES string of the molecule is O=C(O)CC1c2ccccc2C(=O)N1c1ccccc1Cl. The summed E-state index contributed by atoms with van der Waals surface area (Å²) in [6.45, 7) is 0. The van der Waals surface area contributed by atoms with Crippen LogP contribution in [0.3, 0.4) is 0 Å². The van der Waals surface area contributed by atoms with Gasteiger partial charge in [-0.25, -0.2) is 0 Å². The molecule has 1 atom stereocenters. The molecule has 4 nitrogen and oxygen atoms in total. The average molecular weight is 302 g/mol. The van der Waals surface area contributed by atoms with Crippen LogP contribution in [0, 0.1) is 0 Å². The van der Waals surface area contributed by atoms with Crippen LogP contribution >= 0.6 is 11.6 Å². The van der Waals surface area contributed by atoms with E-state index in [0.717, 1.165) is 5.56 Å². The molecule has 1 aliphatic rings. The van der Waals surface area contributed by atoms with Crippen LogP contribution in [0.2, 0.25) is 5.02 Å². The third-order valence-corrected chi connectivity index (χ3v) is 3.88. The normalized spacial score (nSPS) is 16.9. The molecule has 1 N–H and O–H groups in total. The number of carboxylic acid groups (broad SMARTS) is 1. The molecule has 21 heavy (non-hydrogen) atoms. The van der Waals surface area contributed by atoms with E-state index in [2.05, 4.69) is 0 Å². The fourth-order valence-electron chi connectivity index (χ4n) is 2.68. The van der Waals surface area contributed by atoms with Gasteiger partial charge in [0.2, 0.25) is 0 Å². The Hall–Kier alpha value is -2.33. The number of carbonyl (C=O) groups is 2. The van der Waals surface area contributed by atoms with Gasteiger partial charge in [-0.2, -0.15) is 0 Å². The Kier molecular flexibility index (Phi) is 3.39. The summed E-state index contributed by atoms with van der Waals surface area (Å²) in [6.07, 6.45) is -0.159. The molecule has 3 rings (SSSR count). The van der Waals surface area contributed by atoms with Gasteiger partial charge in [-0.3, -0.25) is 14.5 Å². The van der Waals surface area contributed by atoms with Crippen LogP contribution < -0.4 is 4.90 Å². The van der Waals surface area contributed by atoms with Crippen molar-refractivity contribution >= 4 is 29.2 Å². The quantitative estimate of drug-likeness (QED) is 0.943. The van der Waals surface area contributed by atoms with Crippen molar-refractivity contribution in [2.24, 2.45) is 0 Å². The molecule has 0 aliphatic carbocycles.